The van der Waals surface area contributed by atoms with Gasteiger partial charge in [-0.25, -0.2) is 4.79 Å². The fourth-order valence-corrected chi connectivity index (χ4v) is 4.72. The van der Waals surface area contributed by atoms with Crippen LogP contribution in [0.3, 0.4) is 0 Å². The average Bonchev–Trinajstić information content (AvgIpc) is 3.43. The van der Waals surface area contributed by atoms with E-state index < -0.39 is 5.97 Å². The van der Waals surface area contributed by atoms with E-state index in [1.165, 1.54) is 42.1 Å². The van der Waals surface area contributed by atoms with Crippen molar-refractivity contribution >= 4 is 34.8 Å². The number of ether oxygens (including phenoxy) is 1. The fourth-order valence-electron chi connectivity index (χ4n) is 3.64. The van der Waals surface area contributed by atoms with Crippen LogP contribution in [0.1, 0.15) is 25.3 Å². The van der Waals surface area contributed by atoms with Crippen molar-refractivity contribution in [1.82, 2.24) is 9.47 Å². The molecular formula is C24H28N4O3S. The van der Waals surface area contributed by atoms with E-state index in [-0.39, 0.29) is 17.7 Å². The molecule has 7 nitrogen and oxygen atoms in total. The minimum Gasteiger partial charge on any atom is -0.457 e. The van der Waals surface area contributed by atoms with Crippen LogP contribution in [0.25, 0.3) is 11.8 Å². The predicted octanol–water partition coefficient (Wildman–Crippen LogP) is 1.82. The van der Waals surface area contributed by atoms with Crippen LogP contribution in [0.15, 0.2) is 41.7 Å². The highest BCUT2D eigenvalue weighted by Gasteiger charge is 2.16. The van der Waals surface area contributed by atoms with Crippen molar-refractivity contribution in [2.75, 3.05) is 31.6 Å². The average molecular weight is 453 g/mol. The van der Waals surface area contributed by atoms with Gasteiger partial charge in [0.1, 0.15) is 21.9 Å². The summed E-state index contributed by atoms with van der Waals surface area (Å²) in [5, 5.41) is 12.7. The van der Waals surface area contributed by atoms with Gasteiger partial charge in [0.05, 0.1) is 0 Å². The van der Waals surface area contributed by atoms with E-state index in [0.29, 0.717) is 15.7 Å². The number of benzene rings is 1. The van der Waals surface area contributed by atoms with Gasteiger partial charge in [-0.15, -0.1) is 11.3 Å². The summed E-state index contributed by atoms with van der Waals surface area (Å²) in [4.78, 5) is 27.5. The third-order valence-electron chi connectivity index (χ3n) is 5.30. The molecule has 3 rings (SSSR count). The van der Waals surface area contributed by atoms with E-state index in [1.54, 1.807) is 13.1 Å². The Labute approximate surface area is 191 Å². The maximum Gasteiger partial charge on any atom is 0.352 e. The minimum absolute atomic E-state index is 0.000381. The first kappa shape index (κ1) is 23.5. The molecule has 1 saturated heterocycles. The SMILES string of the molecule is C=CCOC(=O)C(C#N)=c1sc(=CNc2cccc(CCN3CCCC3)c2)c(=O)n1CC. The van der Waals surface area contributed by atoms with Crippen LogP contribution in [0.5, 0.6) is 0 Å². The number of aromatic nitrogens is 1. The lowest BCUT2D eigenvalue weighted by Crippen LogP contribution is -2.32. The van der Waals surface area contributed by atoms with Gasteiger partial charge in [0, 0.05) is 25.0 Å². The zero-order valence-corrected chi connectivity index (χ0v) is 19.1. The topological polar surface area (TPSA) is 87.4 Å². The summed E-state index contributed by atoms with van der Waals surface area (Å²) in [7, 11) is 0. The van der Waals surface area contributed by atoms with Crippen LogP contribution in [0.4, 0.5) is 5.69 Å². The second-order valence-electron chi connectivity index (χ2n) is 7.48. The van der Waals surface area contributed by atoms with Crippen LogP contribution >= 0.6 is 11.3 Å². The van der Waals surface area contributed by atoms with Crippen molar-refractivity contribution in [2.45, 2.75) is 32.7 Å². The molecule has 0 aliphatic carbocycles. The van der Waals surface area contributed by atoms with Gasteiger partial charge in [0.2, 0.25) is 0 Å². The Morgan fingerprint density at radius 3 is 2.84 bits per heavy atom. The van der Waals surface area contributed by atoms with E-state index in [0.717, 1.165) is 30.0 Å². The van der Waals surface area contributed by atoms with E-state index in [1.807, 2.05) is 18.2 Å². The Morgan fingerprint density at radius 2 is 2.16 bits per heavy atom. The number of esters is 1. The van der Waals surface area contributed by atoms with Gasteiger partial charge in [-0.05, 0) is 57.0 Å². The summed E-state index contributed by atoms with van der Waals surface area (Å²) >= 11 is 1.10. The summed E-state index contributed by atoms with van der Waals surface area (Å²) in [6, 6.07) is 10.0. The second kappa shape index (κ2) is 11.5. The highest BCUT2D eigenvalue weighted by molar-refractivity contribution is 7.07. The summed E-state index contributed by atoms with van der Waals surface area (Å²) in [6.45, 7) is 9.04. The van der Waals surface area contributed by atoms with Crippen molar-refractivity contribution < 1.29 is 9.53 Å². The Hall–Kier alpha value is -3.15. The first-order valence-corrected chi connectivity index (χ1v) is 11.6. The number of nitrogens with one attached hydrogen (secondary N) is 1. The van der Waals surface area contributed by atoms with Gasteiger partial charge in [0.15, 0.2) is 5.57 Å². The normalized spacial score (nSPS) is 15.3. The number of rotatable bonds is 9. The van der Waals surface area contributed by atoms with Crippen molar-refractivity contribution in [3.8, 4) is 6.07 Å². The molecule has 0 unspecified atom stereocenters. The third-order valence-corrected chi connectivity index (χ3v) is 6.43. The molecule has 2 heterocycles. The van der Waals surface area contributed by atoms with Crippen molar-refractivity contribution in [3.05, 3.63) is 62.0 Å². The number of likely N-dealkylation sites (tertiary alicyclic amines) is 1. The molecule has 0 spiro atoms. The largest absolute Gasteiger partial charge is 0.457 e. The molecule has 1 aromatic heterocycles. The fraction of sp³-hybridized carbons (Fsp3) is 0.375. The monoisotopic (exact) mass is 452 g/mol. The lowest BCUT2D eigenvalue weighted by Gasteiger charge is -2.14. The quantitative estimate of drug-likeness (QED) is 0.461. The minimum atomic E-state index is -0.763. The molecule has 0 atom stereocenters. The van der Waals surface area contributed by atoms with Crippen LogP contribution in [-0.2, 0) is 22.5 Å². The van der Waals surface area contributed by atoms with Crippen LogP contribution in [0.2, 0.25) is 0 Å². The summed E-state index contributed by atoms with van der Waals surface area (Å²) in [5.41, 5.74) is 1.68. The highest BCUT2D eigenvalue weighted by Crippen LogP contribution is 2.13. The maximum atomic E-state index is 12.8. The van der Waals surface area contributed by atoms with Gasteiger partial charge in [-0.1, -0.05) is 24.8 Å². The Bertz CT molecular complexity index is 1180. The van der Waals surface area contributed by atoms with Crippen molar-refractivity contribution in [1.29, 1.82) is 5.26 Å². The highest BCUT2D eigenvalue weighted by atomic mass is 32.1. The molecule has 1 aliphatic rings. The zero-order valence-electron chi connectivity index (χ0n) is 18.3. The number of carbonyl (C=O) groups excluding carboxylic acids is 1. The van der Waals surface area contributed by atoms with Gasteiger partial charge >= 0.3 is 5.97 Å². The molecule has 0 amide bonds. The molecular weight excluding hydrogens is 424 g/mol. The van der Waals surface area contributed by atoms with Crippen LogP contribution in [0, 0.1) is 11.3 Å². The lowest BCUT2D eigenvalue weighted by molar-refractivity contribution is -0.135. The molecule has 1 N–H and O–H groups in total. The predicted molar refractivity (Wildman–Crippen MR) is 128 cm³/mol. The standard InChI is InChI=1S/C24H28N4O3S/c1-3-14-31-24(30)20(16-25)23-28(4-2)22(29)21(32-23)17-26-19-9-7-8-18(15-19)10-13-27-11-5-6-12-27/h3,7-9,15,17,26H,1,4-6,10-14H2,2H3. The van der Waals surface area contributed by atoms with Crippen molar-refractivity contribution in [3.63, 3.8) is 0 Å². The third kappa shape index (κ3) is 5.75. The number of thiazole rings is 1. The molecule has 2 aromatic rings. The number of nitriles is 1. The van der Waals surface area contributed by atoms with Crippen LogP contribution < -0.4 is 20.1 Å². The molecule has 1 fully saturated rings. The number of hydrogen-bond donors (Lipinski definition) is 1. The van der Waals surface area contributed by atoms with Gasteiger partial charge in [-0.3, -0.25) is 9.36 Å². The first-order valence-electron chi connectivity index (χ1n) is 10.8. The Kier molecular flexibility index (Phi) is 8.42. The smallest absolute Gasteiger partial charge is 0.352 e. The maximum absolute atomic E-state index is 12.8. The summed E-state index contributed by atoms with van der Waals surface area (Å²) in [6.07, 6.45) is 6.61. The molecule has 0 radical (unpaired) electrons. The molecule has 8 heteroatoms. The lowest BCUT2D eigenvalue weighted by atomic mass is 10.1. The van der Waals surface area contributed by atoms with Crippen molar-refractivity contribution in [2.24, 2.45) is 0 Å². The molecule has 1 aliphatic heterocycles. The van der Waals surface area contributed by atoms with Gasteiger partial charge in [0.25, 0.3) is 5.56 Å². The summed E-state index contributed by atoms with van der Waals surface area (Å²) < 4.78 is 7.11. The Balaban J connectivity index is 1.85. The molecule has 168 valence electrons. The molecule has 1 aromatic carbocycles. The summed E-state index contributed by atoms with van der Waals surface area (Å²) in [5.74, 6) is -0.763. The number of carbonyl (C=O) groups is 1. The number of anilines is 1. The first-order chi connectivity index (χ1) is 15.6. The molecule has 32 heavy (non-hydrogen) atoms. The van der Waals surface area contributed by atoms with Gasteiger partial charge < -0.3 is 15.0 Å². The number of nitrogens with zero attached hydrogens (tertiary/aromatic N) is 3. The second-order valence-corrected chi connectivity index (χ2v) is 8.51. The zero-order chi connectivity index (χ0) is 22.9. The number of hydrogen-bond acceptors (Lipinski definition) is 7. The Morgan fingerprint density at radius 1 is 1.38 bits per heavy atom. The van der Waals surface area contributed by atoms with E-state index in [2.05, 4.69) is 28.9 Å². The van der Waals surface area contributed by atoms with E-state index in [9.17, 15) is 14.9 Å². The molecule has 0 saturated carbocycles. The van der Waals surface area contributed by atoms with E-state index >= 15 is 0 Å². The van der Waals surface area contributed by atoms with E-state index in [4.69, 9.17) is 4.74 Å². The molecule has 0 bridgehead atoms. The van der Waals surface area contributed by atoms with Crippen LogP contribution in [-0.4, -0.2) is 41.7 Å². The van der Waals surface area contributed by atoms with Gasteiger partial charge in [-0.2, -0.15) is 5.26 Å².